The molecule has 0 spiro atoms. The van der Waals surface area contributed by atoms with Crippen LogP contribution in [0.1, 0.15) is 32.4 Å². The maximum absolute atomic E-state index is 4.54. The summed E-state index contributed by atoms with van der Waals surface area (Å²) in [5, 5.41) is 3.02. The molecule has 1 N–H and O–H groups in total. The van der Waals surface area contributed by atoms with Crippen molar-refractivity contribution in [1.29, 1.82) is 0 Å². The lowest BCUT2D eigenvalue weighted by atomic mass is 9.84. The van der Waals surface area contributed by atoms with Gasteiger partial charge in [-0.1, -0.05) is 13.8 Å². The fraction of sp³-hybridized carbons (Fsp3) is 0.692. The first-order chi connectivity index (χ1) is 8.00. The van der Waals surface area contributed by atoms with E-state index in [-0.39, 0.29) is 0 Å². The van der Waals surface area contributed by atoms with Gasteiger partial charge in [-0.3, -0.25) is 0 Å². The molecule has 0 aliphatic carbocycles. The van der Waals surface area contributed by atoms with Crippen LogP contribution in [0.2, 0.25) is 0 Å². The molecule has 1 saturated heterocycles. The largest absolute Gasteiger partial charge is 0.357 e. The summed E-state index contributed by atoms with van der Waals surface area (Å²) in [4.78, 5) is 11.3. The van der Waals surface area contributed by atoms with Gasteiger partial charge < -0.3 is 10.2 Å². The zero-order chi connectivity index (χ0) is 12.5. The van der Waals surface area contributed by atoms with Crippen molar-refractivity contribution in [2.24, 2.45) is 5.41 Å². The molecule has 0 unspecified atom stereocenters. The first-order valence-electron chi connectivity index (χ1n) is 6.28. The molecule has 2 heterocycles. The maximum Gasteiger partial charge on any atom is 0.224 e. The highest BCUT2D eigenvalue weighted by molar-refractivity contribution is 5.45. The lowest BCUT2D eigenvalue weighted by Gasteiger charge is -2.38. The van der Waals surface area contributed by atoms with E-state index in [0.29, 0.717) is 11.4 Å². The highest BCUT2D eigenvalue weighted by Gasteiger charge is 2.27. The molecule has 1 aliphatic heterocycles. The SMILES string of the molecule is CNc1nc(C)cc(N2CCCC(C)(C)C2)n1. The molecule has 4 heteroatoms. The lowest BCUT2D eigenvalue weighted by Crippen LogP contribution is -2.40. The molecular weight excluding hydrogens is 212 g/mol. The number of hydrogen-bond acceptors (Lipinski definition) is 4. The Morgan fingerprint density at radius 3 is 2.76 bits per heavy atom. The highest BCUT2D eigenvalue weighted by atomic mass is 15.2. The van der Waals surface area contributed by atoms with Crippen LogP contribution in [0.4, 0.5) is 11.8 Å². The van der Waals surface area contributed by atoms with Gasteiger partial charge in [-0.25, -0.2) is 4.98 Å². The summed E-state index contributed by atoms with van der Waals surface area (Å²) in [5.74, 6) is 1.76. The molecular formula is C13H22N4. The molecule has 0 aromatic carbocycles. The number of aryl methyl sites for hydroxylation is 1. The number of nitrogens with one attached hydrogen (secondary N) is 1. The minimum Gasteiger partial charge on any atom is -0.357 e. The third-order valence-corrected chi connectivity index (χ3v) is 3.29. The van der Waals surface area contributed by atoms with E-state index >= 15 is 0 Å². The highest BCUT2D eigenvalue weighted by Crippen LogP contribution is 2.31. The molecule has 0 saturated carbocycles. The zero-order valence-electron chi connectivity index (χ0n) is 11.2. The Labute approximate surface area is 103 Å². The average molecular weight is 234 g/mol. The molecule has 1 aromatic rings. The van der Waals surface area contributed by atoms with Crippen LogP contribution in [0.3, 0.4) is 0 Å². The molecule has 0 radical (unpaired) electrons. The smallest absolute Gasteiger partial charge is 0.224 e. The van der Waals surface area contributed by atoms with E-state index in [1.807, 2.05) is 14.0 Å². The molecule has 0 amide bonds. The monoisotopic (exact) mass is 234 g/mol. The molecule has 1 fully saturated rings. The fourth-order valence-electron chi connectivity index (χ4n) is 2.44. The van der Waals surface area contributed by atoms with Crippen LogP contribution in [-0.2, 0) is 0 Å². The average Bonchev–Trinajstić information content (AvgIpc) is 2.27. The zero-order valence-corrected chi connectivity index (χ0v) is 11.2. The van der Waals surface area contributed by atoms with Gasteiger partial charge in [-0.15, -0.1) is 0 Å². The summed E-state index contributed by atoms with van der Waals surface area (Å²) >= 11 is 0. The van der Waals surface area contributed by atoms with Crippen molar-refractivity contribution in [2.45, 2.75) is 33.6 Å². The van der Waals surface area contributed by atoms with Crippen molar-refractivity contribution < 1.29 is 0 Å². The second-order valence-corrected chi connectivity index (χ2v) is 5.63. The quantitative estimate of drug-likeness (QED) is 0.853. The predicted molar refractivity (Wildman–Crippen MR) is 71.5 cm³/mol. The van der Waals surface area contributed by atoms with Gasteiger partial charge in [0.05, 0.1) is 0 Å². The van der Waals surface area contributed by atoms with Crippen molar-refractivity contribution in [3.63, 3.8) is 0 Å². The van der Waals surface area contributed by atoms with Gasteiger partial charge in [-0.2, -0.15) is 4.98 Å². The Morgan fingerprint density at radius 1 is 1.35 bits per heavy atom. The molecule has 4 nitrogen and oxygen atoms in total. The van der Waals surface area contributed by atoms with Gasteiger partial charge in [-0.05, 0) is 25.2 Å². The van der Waals surface area contributed by atoms with Crippen molar-refractivity contribution in [2.75, 3.05) is 30.4 Å². The second kappa shape index (κ2) is 4.51. The van der Waals surface area contributed by atoms with Crippen LogP contribution in [0.25, 0.3) is 0 Å². The molecule has 94 valence electrons. The van der Waals surface area contributed by atoms with Crippen LogP contribution in [-0.4, -0.2) is 30.1 Å². The van der Waals surface area contributed by atoms with E-state index in [4.69, 9.17) is 0 Å². The van der Waals surface area contributed by atoms with Crippen LogP contribution < -0.4 is 10.2 Å². The van der Waals surface area contributed by atoms with Crippen LogP contribution in [0.5, 0.6) is 0 Å². The van der Waals surface area contributed by atoms with Gasteiger partial charge in [0, 0.05) is 31.9 Å². The minimum absolute atomic E-state index is 0.386. The van der Waals surface area contributed by atoms with Crippen molar-refractivity contribution in [3.8, 4) is 0 Å². The summed E-state index contributed by atoms with van der Waals surface area (Å²) in [5.41, 5.74) is 1.40. The van der Waals surface area contributed by atoms with Gasteiger partial charge in [0.15, 0.2) is 0 Å². The molecule has 1 aromatic heterocycles. The predicted octanol–water partition coefficient (Wildman–Crippen LogP) is 2.45. The van der Waals surface area contributed by atoms with Gasteiger partial charge >= 0.3 is 0 Å². The number of aromatic nitrogens is 2. The molecule has 2 rings (SSSR count). The molecule has 17 heavy (non-hydrogen) atoms. The van der Waals surface area contributed by atoms with Crippen LogP contribution >= 0.6 is 0 Å². The molecule has 0 bridgehead atoms. The standard InChI is InChI=1S/C13H22N4/c1-10-8-11(16-12(14-4)15-10)17-7-5-6-13(2,3)9-17/h8H,5-7,9H2,1-4H3,(H,14,15,16). The number of hydrogen-bond donors (Lipinski definition) is 1. The third-order valence-electron chi connectivity index (χ3n) is 3.29. The number of piperidine rings is 1. The minimum atomic E-state index is 0.386. The molecule has 1 aliphatic rings. The lowest BCUT2D eigenvalue weighted by molar-refractivity contribution is 0.292. The first kappa shape index (κ1) is 12.1. The normalized spacial score (nSPS) is 19.2. The second-order valence-electron chi connectivity index (χ2n) is 5.63. The summed E-state index contributed by atoms with van der Waals surface area (Å²) in [6.07, 6.45) is 2.54. The van der Waals surface area contributed by atoms with Gasteiger partial charge in [0.2, 0.25) is 5.95 Å². The Morgan fingerprint density at radius 2 is 2.12 bits per heavy atom. The van der Waals surface area contributed by atoms with Crippen LogP contribution in [0.15, 0.2) is 6.07 Å². The maximum atomic E-state index is 4.54. The van der Waals surface area contributed by atoms with Crippen molar-refractivity contribution in [1.82, 2.24) is 9.97 Å². The Bertz CT molecular complexity index is 400. The van der Waals surface area contributed by atoms with Gasteiger partial charge in [0.25, 0.3) is 0 Å². The Hall–Kier alpha value is -1.32. The Balaban J connectivity index is 2.24. The van der Waals surface area contributed by atoms with E-state index in [1.54, 1.807) is 0 Å². The third kappa shape index (κ3) is 2.87. The number of rotatable bonds is 2. The fourth-order valence-corrected chi connectivity index (χ4v) is 2.44. The topological polar surface area (TPSA) is 41.1 Å². The first-order valence-corrected chi connectivity index (χ1v) is 6.28. The van der Waals surface area contributed by atoms with E-state index in [2.05, 4.69) is 40.1 Å². The summed E-state index contributed by atoms with van der Waals surface area (Å²) in [6.45, 7) is 8.84. The van der Waals surface area contributed by atoms with Crippen LogP contribution in [0, 0.1) is 12.3 Å². The summed E-state index contributed by atoms with van der Waals surface area (Å²) < 4.78 is 0. The van der Waals surface area contributed by atoms with Gasteiger partial charge in [0.1, 0.15) is 5.82 Å². The summed E-state index contributed by atoms with van der Waals surface area (Å²) in [6, 6.07) is 2.07. The van der Waals surface area contributed by atoms with E-state index in [9.17, 15) is 0 Å². The van der Waals surface area contributed by atoms with E-state index in [0.717, 1.165) is 24.6 Å². The van der Waals surface area contributed by atoms with E-state index in [1.165, 1.54) is 12.8 Å². The van der Waals surface area contributed by atoms with E-state index < -0.39 is 0 Å². The molecule has 0 atom stereocenters. The number of anilines is 2. The summed E-state index contributed by atoms with van der Waals surface area (Å²) in [7, 11) is 1.86. The Kier molecular flexibility index (Phi) is 3.22. The van der Waals surface area contributed by atoms with Crippen molar-refractivity contribution in [3.05, 3.63) is 11.8 Å². The number of nitrogens with zero attached hydrogens (tertiary/aromatic N) is 3. The van der Waals surface area contributed by atoms with Crippen molar-refractivity contribution >= 4 is 11.8 Å².